The highest BCUT2D eigenvalue weighted by Gasteiger charge is 2.44. The Kier molecular flexibility index (Phi) is 3.63. The van der Waals surface area contributed by atoms with E-state index in [0.717, 1.165) is 11.8 Å². The van der Waals surface area contributed by atoms with Gasteiger partial charge in [-0.3, -0.25) is 0 Å². The van der Waals surface area contributed by atoms with Gasteiger partial charge in [0.15, 0.2) is 0 Å². The Balaban J connectivity index is 2.06. The summed E-state index contributed by atoms with van der Waals surface area (Å²) < 4.78 is 6.11. The van der Waals surface area contributed by atoms with Gasteiger partial charge in [0.1, 0.15) is 0 Å². The van der Waals surface area contributed by atoms with Gasteiger partial charge in [-0.1, -0.05) is 26.7 Å². The highest BCUT2D eigenvalue weighted by molar-refractivity contribution is 4.94. The molecule has 1 aliphatic heterocycles. The first kappa shape index (κ1) is 12.4. The fourth-order valence-electron chi connectivity index (χ4n) is 3.86. The third kappa shape index (κ3) is 2.30. The van der Waals surface area contributed by atoms with Crippen LogP contribution in [0.25, 0.3) is 0 Å². The number of rotatable bonds is 1. The van der Waals surface area contributed by atoms with Crippen LogP contribution in [-0.2, 0) is 4.74 Å². The Morgan fingerprint density at radius 2 is 1.88 bits per heavy atom. The average Bonchev–Trinajstić information content (AvgIpc) is 2.25. The molecule has 0 aromatic rings. The Labute approximate surface area is 101 Å². The van der Waals surface area contributed by atoms with E-state index in [2.05, 4.69) is 27.7 Å². The van der Waals surface area contributed by atoms with Crippen molar-refractivity contribution >= 4 is 0 Å². The van der Waals surface area contributed by atoms with Crippen LogP contribution in [0.1, 0.15) is 66.2 Å². The predicted octanol–water partition coefficient (Wildman–Crippen LogP) is 4.41. The Bertz CT molecular complexity index is 236. The fourth-order valence-corrected chi connectivity index (χ4v) is 3.86. The molecule has 0 aromatic carbocycles. The van der Waals surface area contributed by atoms with Crippen LogP contribution in [0.5, 0.6) is 0 Å². The maximum Gasteiger partial charge on any atom is 0.0606 e. The normalized spacial score (nSPS) is 45.2. The van der Waals surface area contributed by atoms with Crippen LogP contribution in [0.3, 0.4) is 0 Å². The van der Waals surface area contributed by atoms with E-state index in [4.69, 9.17) is 4.74 Å². The minimum atomic E-state index is 0.484. The van der Waals surface area contributed by atoms with Crippen LogP contribution >= 0.6 is 0 Å². The lowest BCUT2D eigenvalue weighted by Crippen LogP contribution is -2.45. The molecule has 0 N–H and O–H groups in total. The summed E-state index contributed by atoms with van der Waals surface area (Å²) >= 11 is 0. The van der Waals surface area contributed by atoms with E-state index in [0.29, 0.717) is 17.6 Å². The zero-order valence-corrected chi connectivity index (χ0v) is 11.5. The molecule has 0 amide bonds. The van der Waals surface area contributed by atoms with E-state index in [-0.39, 0.29) is 0 Å². The number of hydrogen-bond acceptors (Lipinski definition) is 1. The van der Waals surface area contributed by atoms with Crippen LogP contribution in [0.4, 0.5) is 0 Å². The minimum absolute atomic E-state index is 0.484. The van der Waals surface area contributed by atoms with E-state index in [1.165, 1.54) is 38.5 Å². The molecule has 1 saturated heterocycles. The molecule has 2 aliphatic rings. The quantitative estimate of drug-likeness (QED) is 0.641. The number of ether oxygens (including phenoxy) is 1. The van der Waals surface area contributed by atoms with Gasteiger partial charge in [0.2, 0.25) is 0 Å². The summed E-state index contributed by atoms with van der Waals surface area (Å²) in [5.74, 6) is 1.79. The van der Waals surface area contributed by atoms with Gasteiger partial charge in [0.25, 0.3) is 0 Å². The van der Waals surface area contributed by atoms with Gasteiger partial charge >= 0.3 is 0 Å². The predicted molar refractivity (Wildman–Crippen MR) is 68.5 cm³/mol. The highest BCUT2D eigenvalue weighted by atomic mass is 16.5. The maximum atomic E-state index is 6.11. The molecule has 0 aromatic heterocycles. The van der Waals surface area contributed by atoms with Crippen molar-refractivity contribution < 1.29 is 4.74 Å². The Morgan fingerprint density at radius 3 is 2.50 bits per heavy atom. The summed E-state index contributed by atoms with van der Waals surface area (Å²) in [6.45, 7) is 9.33. The third-order valence-electron chi connectivity index (χ3n) is 5.21. The first-order valence-corrected chi connectivity index (χ1v) is 7.19. The lowest BCUT2D eigenvalue weighted by Gasteiger charge is -2.50. The fraction of sp³-hybridized carbons (Fsp3) is 1.00. The second-order valence-electron chi connectivity index (χ2n) is 6.59. The van der Waals surface area contributed by atoms with Crippen LogP contribution < -0.4 is 0 Å². The van der Waals surface area contributed by atoms with Crippen molar-refractivity contribution in [3.05, 3.63) is 0 Å². The van der Waals surface area contributed by atoms with Crippen LogP contribution in [0.15, 0.2) is 0 Å². The maximum absolute atomic E-state index is 6.11. The van der Waals surface area contributed by atoms with Gasteiger partial charge in [0.05, 0.1) is 12.2 Å². The largest absolute Gasteiger partial charge is 0.375 e. The summed E-state index contributed by atoms with van der Waals surface area (Å²) in [6.07, 6.45) is 9.33. The van der Waals surface area contributed by atoms with Crippen LogP contribution in [0, 0.1) is 17.3 Å². The van der Waals surface area contributed by atoms with Crippen molar-refractivity contribution in [2.45, 2.75) is 78.4 Å². The molecular formula is C15H28O. The smallest absolute Gasteiger partial charge is 0.0606 e. The highest BCUT2D eigenvalue weighted by Crippen LogP contribution is 2.50. The molecule has 1 spiro atoms. The van der Waals surface area contributed by atoms with E-state index >= 15 is 0 Å². The standard InChI is InChI=1S/C15H28O/c1-11(2)14-6-5-8-15(10-14)9-7-12(3)16-13(15)4/h11-14H,5-10H2,1-4H3. The second kappa shape index (κ2) is 4.68. The molecule has 4 unspecified atom stereocenters. The minimum Gasteiger partial charge on any atom is -0.375 e. The van der Waals surface area contributed by atoms with E-state index in [1.54, 1.807) is 0 Å². The first-order valence-electron chi connectivity index (χ1n) is 7.19. The van der Waals surface area contributed by atoms with E-state index in [9.17, 15) is 0 Å². The van der Waals surface area contributed by atoms with Crippen molar-refractivity contribution in [3.8, 4) is 0 Å². The van der Waals surface area contributed by atoms with Crippen molar-refractivity contribution in [2.75, 3.05) is 0 Å². The number of hydrogen-bond donors (Lipinski definition) is 0. The summed E-state index contributed by atoms with van der Waals surface area (Å²) in [7, 11) is 0. The molecule has 1 heterocycles. The van der Waals surface area contributed by atoms with Crippen molar-refractivity contribution in [1.29, 1.82) is 0 Å². The summed E-state index contributed by atoms with van der Waals surface area (Å²) in [5.41, 5.74) is 0.527. The zero-order valence-electron chi connectivity index (χ0n) is 11.5. The van der Waals surface area contributed by atoms with Crippen molar-refractivity contribution in [1.82, 2.24) is 0 Å². The van der Waals surface area contributed by atoms with E-state index in [1.807, 2.05) is 0 Å². The Hall–Kier alpha value is -0.0400. The van der Waals surface area contributed by atoms with Gasteiger partial charge in [-0.2, -0.15) is 0 Å². The molecule has 1 nitrogen and oxygen atoms in total. The molecule has 2 fully saturated rings. The Morgan fingerprint density at radius 1 is 1.12 bits per heavy atom. The van der Waals surface area contributed by atoms with Crippen LogP contribution in [-0.4, -0.2) is 12.2 Å². The van der Waals surface area contributed by atoms with Crippen LogP contribution in [0.2, 0.25) is 0 Å². The topological polar surface area (TPSA) is 9.23 Å². The third-order valence-corrected chi connectivity index (χ3v) is 5.21. The van der Waals surface area contributed by atoms with Gasteiger partial charge in [-0.05, 0) is 56.8 Å². The summed E-state index contributed by atoms with van der Waals surface area (Å²) in [4.78, 5) is 0. The molecule has 94 valence electrons. The van der Waals surface area contributed by atoms with Gasteiger partial charge in [0, 0.05) is 0 Å². The molecule has 1 heteroatoms. The molecular weight excluding hydrogens is 196 g/mol. The first-order chi connectivity index (χ1) is 7.53. The molecule has 4 atom stereocenters. The molecule has 1 aliphatic carbocycles. The monoisotopic (exact) mass is 224 g/mol. The molecule has 2 rings (SSSR count). The zero-order chi connectivity index (χ0) is 11.8. The van der Waals surface area contributed by atoms with E-state index < -0.39 is 0 Å². The van der Waals surface area contributed by atoms with Crippen molar-refractivity contribution in [3.63, 3.8) is 0 Å². The lowest BCUT2D eigenvalue weighted by molar-refractivity contribution is -0.136. The van der Waals surface area contributed by atoms with Gasteiger partial charge < -0.3 is 4.74 Å². The molecule has 0 bridgehead atoms. The van der Waals surface area contributed by atoms with Crippen molar-refractivity contribution in [2.24, 2.45) is 17.3 Å². The summed E-state index contributed by atoms with van der Waals surface area (Å²) in [5, 5.41) is 0. The average molecular weight is 224 g/mol. The van der Waals surface area contributed by atoms with Gasteiger partial charge in [-0.15, -0.1) is 0 Å². The molecule has 0 radical (unpaired) electrons. The SMILES string of the molecule is CC1CCC2(CCCC(C(C)C)C2)C(C)O1. The lowest BCUT2D eigenvalue weighted by atomic mass is 9.61. The van der Waals surface area contributed by atoms with Gasteiger partial charge in [-0.25, -0.2) is 0 Å². The molecule has 16 heavy (non-hydrogen) atoms. The molecule has 1 saturated carbocycles. The second-order valence-corrected chi connectivity index (χ2v) is 6.59. The summed E-state index contributed by atoms with van der Waals surface area (Å²) in [6, 6.07) is 0.